The number of aromatic nitrogens is 4. The summed E-state index contributed by atoms with van der Waals surface area (Å²) in [6.45, 7) is 0.547. The first-order valence-corrected chi connectivity index (χ1v) is 11.2. The minimum absolute atomic E-state index is 0.232. The third-order valence-electron chi connectivity index (χ3n) is 5.75. The molecular weight excluding hydrogens is 433 g/mol. The smallest absolute Gasteiger partial charge is 0.251 e. The minimum Gasteiger partial charge on any atom is -0.370 e. The van der Waals surface area contributed by atoms with Crippen LogP contribution >= 0.6 is 0 Å². The molecule has 5 rings (SSSR count). The lowest BCUT2D eigenvalue weighted by Crippen LogP contribution is -2.18. The Morgan fingerprint density at radius 3 is 2.71 bits per heavy atom. The monoisotopic (exact) mass is 457 g/mol. The van der Waals surface area contributed by atoms with Crippen molar-refractivity contribution < 1.29 is 9.18 Å². The summed E-state index contributed by atoms with van der Waals surface area (Å²) in [4.78, 5) is 29.6. The first kappa shape index (κ1) is 21.7. The van der Waals surface area contributed by atoms with Crippen LogP contribution in [0.2, 0.25) is 0 Å². The van der Waals surface area contributed by atoms with Gasteiger partial charge in [-0.25, -0.2) is 19.3 Å². The van der Waals surface area contributed by atoms with Crippen LogP contribution in [0.1, 0.15) is 28.8 Å². The largest absolute Gasteiger partial charge is 0.370 e. The first-order chi connectivity index (χ1) is 16.6. The van der Waals surface area contributed by atoms with Crippen molar-refractivity contribution in [3.63, 3.8) is 0 Å². The van der Waals surface area contributed by atoms with Gasteiger partial charge in [-0.15, -0.1) is 0 Å². The van der Waals surface area contributed by atoms with Crippen LogP contribution in [-0.4, -0.2) is 45.5 Å². The summed E-state index contributed by atoms with van der Waals surface area (Å²) in [5.41, 5.74) is 3.27. The quantitative estimate of drug-likeness (QED) is 0.369. The number of hydrogen-bond acceptors (Lipinski definition) is 7. The molecule has 0 aliphatic heterocycles. The van der Waals surface area contributed by atoms with Crippen LogP contribution in [0, 0.1) is 5.82 Å². The topological polar surface area (TPSA) is 105 Å². The van der Waals surface area contributed by atoms with Crippen molar-refractivity contribution in [2.24, 2.45) is 0 Å². The summed E-state index contributed by atoms with van der Waals surface area (Å²) < 4.78 is 14.5. The van der Waals surface area contributed by atoms with E-state index in [9.17, 15) is 9.18 Å². The van der Waals surface area contributed by atoms with E-state index in [0.717, 1.165) is 22.6 Å². The third-order valence-corrected chi connectivity index (χ3v) is 5.75. The van der Waals surface area contributed by atoms with Gasteiger partial charge in [-0.1, -0.05) is 6.07 Å². The summed E-state index contributed by atoms with van der Waals surface area (Å²) in [5, 5.41) is 9.45. The Kier molecular flexibility index (Phi) is 5.99. The highest BCUT2D eigenvalue weighted by atomic mass is 19.1. The molecule has 9 heteroatoms. The molecule has 3 aromatic heterocycles. The fourth-order valence-corrected chi connectivity index (χ4v) is 3.81. The lowest BCUT2D eigenvalue weighted by Gasteiger charge is -2.11. The highest BCUT2D eigenvalue weighted by molar-refractivity contribution is 6.06. The Bertz CT molecular complexity index is 1340. The number of fused-ring (bicyclic) bond motifs is 1. The van der Waals surface area contributed by atoms with Crippen LogP contribution in [0.5, 0.6) is 0 Å². The molecule has 1 fully saturated rings. The molecule has 172 valence electrons. The maximum atomic E-state index is 14.5. The van der Waals surface area contributed by atoms with Gasteiger partial charge in [0, 0.05) is 49.0 Å². The van der Waals surface area contributed by atoms with Crippen molar-refractivity contribution in [3.8, 4) is 11.3 Å². The van der Waals surface area contributed by atoms with E-state index in [2.05, 4.69) is 35.9 Å². The maximum Gasteiger partial charge on any atom is 0.251 e. The van der Waals surface area contributed by atoms with Gasteiger partial charge in [-0.3, -0.25) is 9.78 Å². The Hall–Kier alpha value is -4.14. The molecule has 1 saturated carbocycles. The molecule has 34 heavy (non-hydrogen) atoms. The fourth-order valence-electron chi connectivity index (χ4n) is 3.81. The predicted octanol–water partition coefficient (Wildman–Crippen LogP) is 3.81. The second-order valence-electron chi connectivity index (χ2n) is 8.18. The third kappa shape index (κ3) is 4.63. The number of amides is 1. The van der Waals surface area contributed by atoms with E-state index < -0.39 is 5.82 Å². The minimum atomic E-state index is -0.467. The molecule has 8 nitrogen and oxygen atoms in total. The molecule has 3 heterocycles. The summed E-state index contributed by atoms with van der Waals surface area (Å²) in [7, 11) is 1.52. The van der Waals surface area contributed by atoms with Gasteiger partial charge in [0.2, 0.25) is 0 Å². The lowest BCUT2D eigenvalue weighted by molar-refractivity contribution is 0.0964. The van der Waals surface area contributed by atoms with Crippen LogP contribution < -0.4 is 16.0 Å². The summed E-state index contributed by atoms with van der Waals surface area (Å²) in [6.07, 6.45) is 7.81. The maximum absolute atomic E-state index is 14.5. The Morgan fingerprint density at radius 1 is 1.06 bits per heavy atom. The van der Waals surface area contributed by atoms with E-state index in [1.807, 2.05) is 18.2 Å². The van der Waals surface area contributed by atoms with Crippen molar-refractivity contribution in [1.82, 2.24) is 25.3 Å². The van der Waals surface area contributed by atoms with Crippen LogP contribution in [0.15, 0.2) is 55.1 Å². The SMILES string of the molecule is CNC(=O)c1ccnc2c(CCNc3cc(-c4ccc(NC5CC5)nc4)ncn3)ccc(F)c12. The molecule has 0 radical (unpaired) electrons. The number of pyridine rings is 2. The average molecular weight is 458 g/mol. The number of nitrogens with one attached hydrogen (secondary N) is 3. The number of hydrogen-bond donors (Lipinski definition) is 3. The zero-order chi connectivity index (χ0) is 23.5. The first-order valence-electron chi connectivity index (χ1n) is 11.2. The highest BCUT2D eigenvalue weighted by Crippen LogP contribution is 2.26. The number of carbonyl (C=O) groups excluding carboxylic acids is 1. The van der Waals surface area contributed by atoms with Crippen LogP contribution in [0.3, 0.4) is 0 Å². The van der Waals surface area contributed by atoms with Gasteiger partial charge in [0.15, 0.2) is 0 Å². The number of benzene rings is 1. The van der Waals surface area contributed by atoms with E-state index in [1.54, 1.807) is 12.3 Å². The molecule has 0 atom stereocenters. The van der Waals surface area contributed by atoms with Gasteiger partial charge in [0.25, 0.3) is 5.91 Å². The van der Waals surface area contributed by atoms with Crippen LogP contribution in [0.25, 0.3) is 22.2 Å². The molecule has 1 aliphatic rings. The van der Waals surface area contributed by atoms with Crippen molar-refractivity contribution in [2.75, 3.05) is 24.2 Å². The Labute approximate surface area is 196 Å². The van der Waals surface area contributed by atoms with Crippen molar-refractivity contribution in [3.05, 3.63) is 72.1 Å². The second-order valence-corrected chi connectivity index (χ2v) is 8.18. The Balaban J connectivity index is 1.29. The predicted molar refractivity (Wildman–Crippen MR) is 129 cm³/mol. The molecule has 0 bridgehead atoms. The zero-order valence-electron chi connectivity index (χ0n) is 18.7. The van der Waals surface area contributed by atoms with E-state index in [0.29, 0.717) is 30.3 Å². The number of halogens is 1. The van der Waals surface area contributed by atoms with E-state index >= 15 is 0 Å². The van der Waals surface area contributed by atoms with Gasteiger partial charge in [0.05, 0.1) is 16.8 Å². The molecule has 4 aromatic rings. The van der Waals surface area contributed by atoms with E-state index in [-0.39, 0.29) is 16.9 Å². The standard InChI is InChI=1S/C25H24FN7O/c1-27-25(34)18-9-11-29-24-15(2-6-19(26)23(18)24)8-10-28-22-12-20(31-14-32-22)16-3-7-21(30-13-16)33-17-4-5-17/h2-3,6-7,9,11-14,17H,4-5,8,10H2,1H3,(H,27,34)(H,30,33)(H,28,31,32). The molecule has 1 aromatic carbocycles. The second kappa shape index (κ2) is 9.38. The summed E-state index contributed by atoms with van der Waals surface area (Å²) in [5.74, 6) is 0.737. The molecule has 0 spiro atoms. The van der Waals surface area contributed by atoms with Gasteiger partial charge >= 0.3 is 0 Å². The van der Waals surface area contributed by atoms with Gasteiger partial charge in [-0.05, 0) is 49.1 Å². The summed E-state index contributed by atoms with van der Waals surface area (Å²) >= 11 is 0. The van der Waals surface area contributed by atoms with E-state index in [1.165, 1.54) is 44.5 Å². The molecule has 0 saturated heterocycles. The molecule has 3 N–H and O–H groups in total. The Morgan fingerprint density at radius 2 is 1.94 bits per heavy atom. The van der Waals surface area contributed by atoms with Crippen molar-refractivity contribution in [1.29, 1.82) is 0 Å². The molecule has 0 unspecified atom stereocenters. The number of nitrogens with zero attached hydrogens (tertiary/aromatic N) is 4. The molecular formula is C25H24FN7O. The normalized spacial score (nSPS) is 13.0. The number of anilines is 2. The van der Waals surface area contributed by atoms with E-state index in [4.69, 9.17) is 0 Å². The van der Waals surface area contributed by atoms with Gasteiger partial charge in [-0.2, -0.15) is 0 Å². The lowest BCUT2D eigenvalue weighted by atomic mass is 10.0. The zero-order valence-corrected chi connectivity index (χ0v) is 18.7. The molecule has 1 amide bonds. The van der Waals surface area contributed by atoms with Crippen molar-refractivity contribution >= 4 is 28.4 Å². The average Bonchev–Trinajstić information content (AvgIpc) is 3.69. The number of rotatable bonds is 8. The summed E-state index contributed by atoms with van der Waals surface area (Å²) in [6, 6.07) is 11.0. The number of carbonyl (C=O) groups is 1. The van der Waals surface area contributed by atoms with Crippen LogP contribution in [-0.2, 0) is 6.42 Å². The van der Waals surface area contributed by atoms with Crippen molar-refractivity contribution in [2.45, 2.75) is 25.3 Å². The highest BCUT2D eigenvalue weighted by Gasteiger charge is 2.21. The van der Waals surface area contributed by atoms with Gasteiger partial charge < -0.3 is 16.0 Å². The molecule has 1 aliphatic carbocycles. The van der Waals surface area contributed by atoms with Crippen LogP contribution in [0.4, 0.5) is 16.0 Å². The van der Waals surface area contributed by atoms with Gasteiger partial charge in [0.1, 0.15) is 23.8 Å². The fraction of sp³-hybridized carbons (Fsp3) is 0.240.